The summed E-state index contributed by atoms with van der Waals surface area (Å²) in [5.74, 6) is 1.11. The van der Waals surface area contributed by atoms with Gasteiger partial charge in [-0.2, -0.15) is 0 Å². The molecule has 0 spiro atoms. The first-order chi connectivity index (χ1) is 8.90. The Morgan fingerprint density at radius 3 is 2.67 bits per heavy atom. The van der Waals surface area contributed by atoms with Crippen LogP contribution in [0.4, 0.5) is 0 Å². The monoisotopic (exact) mass is 242 g/mol. The zero-order valence-electron chi connectivity index (χ0n) is 10.4. The smallest absolute Gasteiger partial charge is 0.0702 e. The summed E-state index contributed by atoms with van der Waals surface area (Å²) in [5, 5.41) is 8.80. The van der Waals surface area contributed by atoms with E-state index >= 15 is 0 Å². The Hall–Kier alpha value is -1.38. The van der Waals surface area contributed by atoms with Crippen molar-refractivity contribution < 1.29 is 9.84 Å². The average Bonchev–Trinajstić information content (AvgIpc) is 3.01. The first-order valence-corrected chi connectivity index (χ1v) is 6.55. The predicted molar refractivity (Wildman–Crippen MR) is 72.0 cm³/mol. The molecule has 1 N–H and O–H groups in total. The number of aliphatic hydroxyl groups is 1. The van der Waals surface area contributed by atoms with E-state index in [1.54, 1.807) is 0 Å². The lowest BCUT2D eigenvalue weighted by Gasteiger charge is -2.16. The number of aliphatic hydroxyl groups excluding tert-OH is 1. The van der Waals surface area contributed by atoms with Crippen molar-refractivity contribution in [2.45, 2.75) is 6.42 Å². The van der Waals surface area contributed by atoms with Crippen molar-refractivity contribution in [3.63, 3.8) is 0 Å². The molecule has 0 saturated heterocycles. The summed E-state index contributed by atoms with van der Waals surface area (Å²) in [5.41, 5.74) is 4.17. The second-order valence-corrected chi connectivity index (χ2v) is 4.91. The summed E-state index contributed by atoms with van der Waals surface area (Å²) in [6.07, 6.45) is 5.82. The Morgan fingerprint density at radius 2 is 1.89 bits per heavy atom. The van der Waals surface area contributed by atoms with E-state index in [1.807, 2.05) is 0 Å². The number of hydrogen-bond donors (Lipinski definition) is 1. The molecule has 0 aromatic heterocycles. The van der Waals surface area contributed by atoms with E-state index < -0.39 is 0 Å². The molecule has 2 bridgehead atoms. The van der Waals surface area contributed by atoms with Gasteiger partial charge in [-0.15, -0.1) is 0 Å². The molecule has 0 heterocycles. The highest BCUT2D eigenvalue weighted by Gasteiger charge is 2.35. The molecular weight excluding hydrogens is 224 g/mol. The second-order valence-electron chi connectivity index (χ2n) is 4.91. The summed E-state index contributed by atoms with van der Waals surface area (Å²) >= 11 is 0. The molecule has 3 rings (SSSR count). The van der Waals surface area contributed by atoms with Crippen LogP contribution in [0.5, 0.6) is 0 Å². The summed E-state index contributed by atoms with van der Waals surface area (Å²) in [6.45, 7) is 1.17. The van der Waals surface area contributed by atoms with Crippen LogP contribution < -0.4 is 0 Å². The van der Waals surface area contributed by atoms with Crippen LogP contribution in [0.15, 0.2) is 48.1 Å². The van der Waals surface area contributed by atoms with Gasteiger partial charge in [-0.3, -0.25) is 0 Å². The Balaban J connectivity index is 1.87. The lowest BCUT2D eigenvalue weighted by Crippen LogP contribution is -2.08. The summed E-state index contributed by atoms with van der Waals surface area (Å²) in [6, 6.07) is 10.6. The highest BCUT2D eigenvalue weighted by atomic mass is 16.5. The van der Waals surface area contributed by atoms with Crippen LogP contribution >= 0.6 is 0 Å². The molecule has 0 fully saturated rings. The van der Waals surface area contributed by atoms with Gasteiger partial charge in [0.2, 0.25) is 0 Å². The topological polar surface area (TPSA) is 29.5 Å². The van der Waals surface area contributed by atoms with E-state index in [0.29, 0.717) is 25.0 Å². The van der Waals surface area contributed by atoms with Gasteiger partial charge in [-0.05, 0) is 23.1 Å². The normalized spacial score (nSPS) is 25.2. The van der Waals surface area contributed by atoms with Crippen molar-refractivity contribution in [2.75, 3.05) is 19.8 Å². The number of benzene rings is 1. The third-order valence-corrected chi connectivity index (χ3v) is 3.83. The number of rotatable bonds is 5. The molecule has 2 aliphatic carbocycles. The van der Waals surface area contributed by atoms with Crippen LogP contribution in [0.25, 0.3) is 5.57 Å². The van der Waals surface area contributed by atoms with Gasteiger partial charge in [0.05, 0.1) is 19.8 Å². The molecule has 1 aromatic rings. The van der Waals surface area contributed by atoms with E-state index in [4.69, 9.17) is 9.84 Å². The Labute approximate surface area is 108 Å². The van der Waals surface area contributed by atoms with Crippen molar-refractivity contribution in [3.05, 3.63) is 53.6 Å². The first kappa shape index (κ1) is 11.7. The molecule has 0 aliphatic heterocycles. The maximum atomic E-state index is 8.80. The van der Waals surface area contributed by atoms with Crippen LogP contribution in [-0.4, -0.2) is 24.9 Å². The fraction of sp³-hybridized carbons (Fsp3) is 0.375. The maximum Gasteiger partial charge on any atom is 0.0702 e. The fourth-order valence-electron chi connectivity index (χ4n) is 3.06. The van der Waals surface area contributed by atoms with Crippen molar-refractivity contribution in [1.82, 2.24) is 0 Å². The van der Waals surface area contributed by atoms with Gasteiger partial charge >= 0.3 is 0 Å². The molecule has 2 nitrogen and oxygen atoms in total. The SMILES string of the molecule is OCCOCC1=C(c2ccccc2)[C@H]2C=C[C@@H]1C2. The van der Waals surface area contributed by atoms with Crippen LogP contribution in [0.3, 0.4) is 0 Å². The maximum absolute atomic E-state index is 8.80. The molecule has 94 valence electrons. The third-order valence-electron chi connectivity index (χ3n) is 3.83. The van der Waals surface area contributed by atoms with Crippen LogP contribution in [0.2, 0.25) is 0 Å². The van der Waals surface area contributed by atoms with Gasteiger partial charge in [0, 0.05) is 11.8 Å². The van der Waals surface area contributed by atoms with E-state index in [0.717, 1.165) is 0 Å². The average molecular weight is 242 g/mol. The van der Waals surface area contributed by atoms with Crippen molar-refractivity contribution >= 4 is 5.57 Å². The zero-order valence-corrected chi connectivity index (χ0v) is 10.4. The highest BCUT2D eigenvalue weighted by Crippen LogP contribution is 2.48. The summed E-state index contributed by atoms with van der Waals surface area (Å²) in [7, 11) is 0. The number of ether oxygens (including phenoxy) is 1. The molecule has 2 aliphatic rings. The number of fused-ring (bicyclic) bond motifs is 2. The largest absolute Gasteiger partial charge is 0.394 e. The molecule has 1 aromatic carbocycles. The Morgan fingerprint density at radius 1 is 1.11 bits per heavy atom. The minimum atomic E-state index is 0.0951. The molecule has 0 unspecified atom stereocenters. The minimum Gasteiger partial charge on any atom is -0.394 e. The Bertz CT molecular complexity index is 473. The third kappa shape index (κ3) is 2.02. The van der Waals surface area contributed by atoms with E-state index in [9.17, 15) is 0 Å². The molecular formula is C16H18O2. The van der Waals surface area contributed by atoms with Crippen LogP contribution in [0, 0.1) is 11.8 Å². The van der Waals surface area contributed by atoms with Gasteiger partial charge in [-0.1, -0.05) is 42.5 Å². The minimum absolute atomic E-state index is 0.0951. The lowest BCUT2D eigenvalue weighted by atomic mass is 9.91. The van der Waals surface area contributed by atoms with E-state index in [1.165, 1.54) is 23.1 Å². The first-order valence-electron chi connectivity index (χ1n) is 6.55. The van der Waals surface area contributed by atoms with Gasteiger partial charge in [-0.25, -0.2) is 0 Å². The van der Waals surface area contributed by atoms with Crippen molar-refractivity contribution in [2.24, 2.45) is 11.8 Å². The van der Waals surface area contributed by atoms with Crippen molar-refractivity contribution in [3.8, 4) is 0 Å². The number of allylic oxidation sites excluding steroid dienone is 3. The van der Waals surface area contributed by atoms with Crippen LogP contribution in [-0.2, 0) is 4.74 Å². The predicted octanol–water partition coefficient (Wildman–Crippen LogP) is 2.66. The molecule has 0 saturated carbocycles. The molecule has 18 heavy (non-hydrogen) atoms. The standard InChI is InChI=1S/C16H18O2/c17-8-9-18-11-15-13-6-7-14(10-13)16(15)12-4-2-1-3-5-12/h1-7,13-14,17H,8-11H2/t13-,14+/m1/s1. The summed E-state index contributed by atoms with van der Waals surface area (Å²) < 4.78 is 5.53. The van der Waals surface area contributed by atoms with Gasteiger partial charge < -0.3 is 9.84 Å². The van der Waals surface area contributed by atoms with Crippen molar-refractivity contribution in [1.29, 1.82) is 0 Å². The molecule has 2 atom stereocenters. The highest BCUT2D eigenvalue weighted by molar-refractivity contribution is 5.76. The number of hydrogen-bond acceptors (Lipinski definition) is 2. The fourth-order valence-corrected chi connectivity index (χ4v) is 3.06. The second kappa shape index (κ2) is 5.09. The van der Waals surface area contributed by atoms with E-state index in [2.05, 4.69) is 42.5 Å². The zero-order chi connectivity index (χ0) is 12.4. The quantitative estimate of drug-likeness (QED) is 0.635. The van der Waals surface area contributed by atoms with Gasteiger partial charge in [0.1, 0.15) is 0 Å². The van der Waals surface area contributed by atoms with E-state index in [-0.39, 0.29) is 6.61 Å². The molecule has 0 amide bonds. The Kier molecular flexibility index (Phi) is 3.31. The summed E-state index contributed by atoms with van der Waals surface area (Å²) in [4.78, 5) is 0. The van der Waals surface area contributed by atoms with Gasteiger partial charge in [0.15, 0.2) is 0 Å². The molecule has 2 heteroatoms. The molecule has 0 radical (unpaired) electrons. The lowest BCUT2D eigenvalue weighted by molar-refractivity contribution is 0.105. The van der Waals surface area contributed by atoms with Crippen LogP contribution in [0.1, 0.15) is 12.0 Å². The van der Waals surface area contributed by atoms with Gasteiger partial charge in [0.25, 0.3) is 0 Å².